The Bertz CT molecular complexity index is 376. The lowest BCUT2D eigenvalue weighted by atomic mass is 9.90. The Morgan fingerprint density at radius 3 is 2.74 bits per heavy atom. The molecule has 0 bridgehead atoms. The topological polar surface area (TPSA) is 37.3 Å². The van der Waals surface area contributed by atoms with Gasteiger partial charge in [0, 0.05) is 22.5 Å². The monoisotopic (exact) mass is 346 g/mol. The molecule has 0 aromatic carbocycles. The smallest absolute Gasteiger partial charge is 0.136 e. The molecule has 1 rings (SSSR count). The minimum absolute atomic E-state index is 0.141. The summed E-state index contributed by atoms with van der Waals surface area (Å²) in [6.07, 6.45) is 5.16. The van der Waals surface area contributed by atoms with E-state index in [-0.39, 0.29) is 17.0 Å². The van der Waals surface area contributed by atoms with Crippen molar-refractivity contribution in [1.82, 2.24) is 0 Å². The van der Waals surface area contributed by atoms with Crippen molar-refractivity contribution in [3.05, 3.63) is 22.4 Å². The second-order valence-corrected chi connectivity index (χ2v) is 7.36. The summed E-state index contributed by atoms with van der Waals surface area (Å²) in [5.41, 5.74) is -1.07. The Morgan fingerprint density at radius 2 is 2.21 bits per heavy atom. The third kappa shape index (κ3) is 5.01. The van der Waals surface area contributed by atoms with Crippen LogP contribution in [0.15, 0.2) is 17.5 Å². The quantitative estimate of drug-likeness (QED) is 0.522. The van der Waals surface area contributed by atoms with Crippen molar-refractivity contribution >= 4 is 33.0 Å². The molecule has 2 nitrogen and oxygen atoms in total. The van der Waals surface area contributed by atoms with Crippen LogP contribution in [0.1, 0.15) is 57.2 Å². The van der Waals surface area contributed by atoms with Gasteiger partial charge < -0.3 is 5.11 Å². The van der Waals surface area contributed by atoms with Gasteiger partial charge in [-0.25, -0.2) is 0 Å². The van der Waals surface area contributed by atoms with Gasteiger partial charge >= 0.3 is 0 Å². The van der Waals surface area contributed by atoms with Gasteiger partial charge in [0.1, 0.15) is 11.4 Å². The Morgan fingerprint density at radius 1 is 1.47 bits per heavy atom. The van der Waals surface area contributed by atoms with Crippen LogP contribution in [0.5, 0.6) is 0 Å². The van der Waals surface area contributed by atoms with E-state index in [0.29, 0.717) is 6.42 Å². The van der Waals surface area contributed by atoms with Crippen molar-refractivity contribution in [3.63, 3.8) is 0 Å². The third-order valence-corrected chi connectivity index (χ3v) is 5.18. The number of halogens is 1. The predicted molar refractivity (Wildman–Crippen MR) is 85.0 cm³/mol. The van der Waals surface area contributed by atoms with Gasteiger partial charge in [0.15, 0.2) is 0 Å². The fourth-order valence-corrected chi connectivity index (χ4v) is 3.56. The van der Waals surface area contributed by atoms with Crippen LogP contribution in [0.3, 0.4) is 0 Å². The molecule has 2 atom stereocenters. The van der Waals surface area contributed by atoms with Crippen LogP contribution in [0.2, 0.25) is 0 Å². The molecule has 1 aromatic heterocycles. The summed E-state index contributed by atoms with van der Waals surface area (Å²) in [6.45, 7) is 4.05. The number of ketones is 1. The minimum Gasteiger partial charge on any atom is -0.383 e. The van der Waals surface area contributed by atoms with Crippen LogP contribution in [0, 0.1) is 0 Å². The molecule has 0 saturated carbocycles. The van der Waals surface area contributed by atoms with Crippen LogP contribution in [-0.2, 0) is 10.4 Å². The number of hydrogen-bond acceptors (Lipinski definition) is 3. The van der Waals surface area contributed by atoms with Gasteiger partial charge in [0.25, 0.3) is 0 Å². The van der Waals surface area contributed by atoms with Crippen molar-refractivity contribution in [2.24, 2.45) is 0 Å². The van der Waals surface area contributed by atoms with E-state index >= 15 is 0 Å². The summed E-state index contributed by atoms with van der Waals surface area (Å²) in [4.78, 5) is 12.8. The molecule has 108 valence electrons. The summed E-state index contributed by atoms with van der Waals surface area (Å²) in [5.74, 6) is 0.151. The number of aliphatic hydroxyl groups is 1. The van der Waals surface area contributed by atoms with E-state index in [2.05, 4.69) is 22.9 Å². The summed E-state index contributed by atoms with van der Waals surface area (Å²) in [7, 11) is 0. The number of alkyl halides is 1. The van der Waals surface area contributed by atoms with Gasteiger partial charge in [-0.05, 0) is 24.8 Å². The number of carbonyl (C=O) groups excluding carboxylic acids is 1. The van der Waals surface area contributed by atoms with Crippen LogP contribution < -0.4 is 0 Å². The van der Waals surface area contributed by atoms with Crippen molar-refractivity contribution in [2.45, 2.75) is 62.8 Å². The fourth-order valence-electron chi connectivity index (χ4n) is 2.09. The van der Waals surface area contributed by atoms with Crippen molar-refractivity contribution in [3.8, 4) is 0 Å². The minimum atomic E-state index is -1.07. The average molecular weight is 347 g/mol. The fraction of sp³-hybridized carbons (Fsp3) is 0.667. The molecule has 1 heterocycles. The number of hydrogen-bond donors (Lipinski definition) is 1. The number of rotatable bonds is 9. The maximum Gasteiger partial charge on any atom is 0.136 e. The van der Waals surface area contributed by atoms with Gasteiger partial charge in [0.05, 0.1) is 0 Å². The Hall–Kier alpha value is -0.190. The molecule has 4 heteroatoms. The second-order valence-electron chi connectivity index (χ2n) is 5.04. The molecule has 0 aliphatic rings. The standard InChI is InChI=1S/C15H23BrO2S/c1-3-4-5-6-8-13(17)11-15(18,12(2)16)14-9-7-10-19-14/h7,9-10,12,18H,3-6,8,11H2,1-2H3. The lowest BCUT2D eigenvalue weighted by Gasteiger charge is -2.29. The number of thiophene rings is 1. The molecule has 19 heavy (non-hydrogen) atoms. The molecule has 0 amide bonds. The molecular weight excluding hydrogens is 324 g/mol. The molecule has 1 aromatic rings. The van der Waals surface area contributed by atoms with Gasteiger partial charge in [-0.2, -0.15) is 0 Å². The summed E-state index contributed by atoms with van der Waals surface area (Å²) in [5, 5.41) is 12.7. The summed E-state index contributed by atoms with van der Waals surface area (Å²) >= 11 is 4.94. The van der Waals surface area contributed by atoms with Crippen molar-refractivity contribution in [2.75, 3.05) is 0 Å². The average Bonchev–Trinajstić information content (AvgIpc) is 2.88. The van der Waals surface area contributed by atoms with Gasteiger partial charge in [0.2, 0.25) is 0 Å². The molecule has 0 aliphatic heterocycles. The number of carbonyl (C=O) groups is 1. The third-order valence-electron chi connectivity index (χ3n) is 3.38. The first-order valence-electron chi connectivity index (χ1n) is 6.92. The highest BCUT2D eigenvalue weighted by Gasteiger charge is 2.37. The first kappa shape index (κ1) is 16.9. The molecule has 0 fully saturated rings. The van der Waals surface area contributed by atoms with E-state index < -0.39 is 5.60 Å². The van der Waals surface area contributed by atoms with Crippen LogP contribution >= 0.6 is 27.3 Å². The first-order chi connectivity index (χ1) is 9.00. The highest BCUT2D eigenvalue weighted by Crippen LogP contribution is 2.36. The highest BCUT2D eigenvalue weighted by molar-refractivity contribution is 9.09. The normalized spacial score (nSPS) is 16.0. The molecule has 0 spiro atoms. The SMILES string of the molecule is CCCCCCC(=O)CC(O)(c1cccs1)C(C)Br. The lowest BCUT2D eigenvalue weighted by Crippen LogP contribution is -2.35. The maximum absolute atomic E-state index is 12.0. The van der Waals surface area contributed by atoms with Gasteiger partial charge in [-0.3, -0.25) is 4.79 Å². The van der Waals surface area contributed by atoms with E-state index in [4.69, 9.17) is 0 Å². The summed E-state index contributed by atoms with van der Waals surface area (Å²) in [6, 6.07) is 3.80. The zero-order valence-corrected chi connectivity index (χ0v) is 14.1. The molecule has 0 saturated heterocycles. The Kier molecular flexibility index (Phi) is 7.26. The van der Waals surface area contributed by atoms with E-state index in [1.165, 1.54) is 24.2 Å². The molecule has 0 aliphatic carbocycles. The second kappa shape index (κ2) is 8.18. The van der Waals surface area contributed by atoms with E-state index in [1.54, 1.807) is 0 Å². The largest absolute Gasteiger partial charge is 0.383 e. The highest BCUT2D eigenvalue weighted by atomic mass is 79.9. The van der Waals surface area contributed by atoms with E-state index in [9.17, 15) is 9.90 Å². The zero-order chi connectivity index (χ0) is 14.3. The van der Waals surface area contributed by atoms with E-state index in [1.807, 2.05) is 24.4 Å². The molecule has 0 radical (unpaired) electrons. The number of Topliss-reactive ketones (excluding diaryl/α,β-unsaturated/α-hetero) is 1. The summed E-state index contributed by atoms with van der Waals surface area (Å²) < 4.78 is 0. The van der Waals surface area contributed by atoms with Gasteiger partial charge in [-0.1, -0.05) is 48.2 Å². The zero-order valence-electron chi connectivity index (χ0n) is 11.7. The van der Waals surface area contributed by atoms with Crippen molar-refractivity contribution < 1.29 is 9.90 Å². The van der Waals surface area contributed by atoms with Crippen LogP contribution in [0.25, 0.3) is 0 Å². The molecular formula is C15H23BrO2S. The van der Waals surface area contributed by atoms with Gasteiger partial charge in [-0.15, -0.1) is 11.3 Å². The van der Waals surface area contributed by atoms with Crippen molar-refractivity contribution in [1.29, 1.82) is 0 Å². The molecule has 1 N–H and O–H groups in total. The first-order valence-corrected chi connectivity index (χ1v) is 8.72. The number of unbranched alkanes of at least 4 members (excludes halogenated alkanes) is 3. The van der Waals surface area contributed by atoms with Crippen LogP contribution in [-0.4, -0.2) is 15.7 Å². The predicted octanol–water partition coefficient (Wildman–Crippen LogP) is 4.65. The Balaban J connectivity index is 2.57. The van der Waals surface area contributed by atoms with E-state index in [0.717, 1.165) is 17.7 Å². The Labute approximate surface area is 128 Å². The maximum atomic E-state index is 12.0. The lowest BCUT2D eigenvalue weighted by molar-refractivity contribution is -0.124. The molecule has 2 unspecified atom stereocenters. The van der Waals surface area contributed by atoms with Crippen LogP contribution in [0.4, 0.5) is 0 Å².